The molecule has 0 saturated heterocycles. The van der Waals surface area contributed by atoms with Crippen molar-refractivity contribution < 1.29 is 10.6 Å². The Balaban J connectivity index is 0.00000162. The van der Waals surface area contributed by atoms with Crippen LogP contribution in [-0.2, 0) is 6.42 Å². The van der Waals surface area contributed by atoms with E-state index >= 15 is 0 Å². The molecule has 4 heteroatoms. The highest BCUT2D eigenvalue weighted by Gasteiger charge is 2.13. The maximum Gasteiger partial charge on any atom is 0.239 e. The minimum Gasteiger partial charge on any atom is -0.479 e. The number of aromatic amines is 1. The summed E-state index contributed by atoms with van der Waals surface area (Å²) in [5, 5.41) is 0. The van der Waals surface area contributed by atoms with Crippen LogP contribution in [0.15, 0.2) is 24.5 Å². The molecule has 0 saturated carbocycles. The van der Waals surface area contributed by atoms with Crippen LogP contribution in [0, 0.1) is 5.82 Å². The second-order valence-corrected chi connectivity index (χ2v) is 3.85. The van der Waals surface area contributed by atoms with Gasteiger partial charge in [-0.1, -0.05) is 19.4 Å². The van der Waals surface area contributed by atoms with Crippen LogP contribution in [0.5, 0.6) is 5.88 Å². The molecule has 0 amide bonds. The normalized spacial score (nSPS) is 10.5. The van der Waals surface area contributed by atoms with Gasteiger partial charge in [0.2, 0.25) is 5.88 Å². The zero-order valence-corrected chi connectivity index (χ0v) is 9.96. The van der Waals surface area contributed by atoms with Crippen LogP contribution in [0.4, 0.5) is 4.39 Å². The fourth-order valence-corrected chi connectivity index (χ4v) is 1.84. The Morgan fingerprint density at radius 3 is 3.00 bits per heavy atom. The molecule has 0 aliphatic rings. The van der Waals surface area contributed by atoms with Gasteiger partial charge in [0.25, 0.3) is 0 Å². The Labute approximate surface area is 101 Å². The fourth-order valence-electron chi connectivity index (χ4n) is 1.84. The quantitative estimate of drug-likeness (QED) is 0.883. The average molecular weight is 236 g/mol. The lowest BCUT2D eigenvalue weighted by Crippen LogP contribution is -1.92. The van der Waals surface area contributed by atoms with Gasteiger partial charge < -0.3 is 9.72 Å². The molecule has 0 fully saturated rings. The number of ether oxygens (including phenoxy) is 1. The van der Waals surface area contributed by atoms with Crippen LogP contribution in [0.1, 0.15) is 20.3 Å². The van der Waals surface area contributed by atoms with E-state index in [-0.39, 0.29) is 7.24 Å². The van der Waals surface area contributed by atoms with Gasteiger partial charge in [-0.05, 0) is 24.1 Å². The predicted octanol–water partition coefficient (Wildman–Crippen LogP) is 3.42. The second kappa shape index (κ2) is 4.99. The SMILES string of the molecule is CCCc1ccc(F)c(-c2[nH]cnc2OC)c1.[HH]. The lowest BCUT2D eigenvalue weighted by Gasteiger charge is -2.06. The van der Waals surface area contributed by atoms with Gasteiger partial charge in [0.1, 0.15) is 11.5 Å². The third kappa shape index (κ3) is 2.30. The zero-order chi connectivity index (χ0) is 12.3. The van der Waals surface area contributed by atoms with Crippen LogP contribution >= 0.6 is 0 Å². The second-order valence-electron chi connectivity index (χ2n) is 3.85. The highest BCUT2D eigenvalue weighted by Crippen LogP contribution is 2.29. The summed E-state index contributed by atoms with van der Waals surface area (Å²) in [5.74, 6) is 0.143. The first-order chi connectivity index (χ1) is 8.26. The van der Waals surface area contributed by atoms with Crippen LogP contribution in [0.25, 0.3) is 11.3 Å². The third-order valence-electron chi connectivity index (χ3n) is 2.64. The number of nitrogens with one attached hydrogen (secondary N) is 1. The number of methoxy groups -OCH3 is 1. The Hall–Kier alpha value is -1.84. The van der Waals surface area contributed by atoms with Crippen LogP contribution in [0.2, 0.25) is 0 Å². The molecule has 0 aliphatic carbocycles. The molecule has 1 N–H and O–H groups in total. The number of H-pyrrole nitrogens is 1. The summed E-state index contributed by atoms with van der Waals surface area (Å²) in [6.45, 7) is 2.10. The van der Waals surface area contributed by atoms with E-state index in [4.69, 9.17) is 4.74 Å². The minimum atomic E-state index is -0.271. The number of aryl methyl sites for hydroxylation is 1. The number of rotatable bonds is 4. The van der Waals surface area contributed by atoms with Crippen molar-refractivity contribution in [1.29, 1.82) is 0 Å². The van der Waals surface area contributed by atoms with E-state index in [2.05, 4.69) is 16.9 Å². The number of aromatic nitrogens is 2. The molecule has 0 aliphatic heterocycles. The lowest BCUT2D eigenvalue weighted by atomic mass is 10.0. The highest BCUT2D eigenvalue weighted by atomic mass is 19.1. The molecule has 17 heavy (non-hydrogen) atoms. The van der Waals surface area contributed by atoms with Crippen molar-refractivity contribution in [2.75, 3.05) is 7.11 Å². The van der Waals surface area contributed by atoms with E-state index in [9.17, 15) is 4.39 Å². The topological polar surface area (TPSA) is 37.9 Å². The molecule has 2 rings (SSSR count). The van der Waals surface area contributed by atoms with Crippen LogP contribution < -0.4 is 4.74 Å². The summed E-state index contributed by atoms with van der Waals surface area (Å²) in [6, 6.07) is 5.14. The van der Waals surface area contributed by atoms with Gasteiger partial charge in [0.05, 0.1) is 13.4 Å². The number of nitrogens with zero attached hydrogens (tertiary/aromatic N) is 1. The van der Waals surface area contributed by atoms with E-state index in [1.165, 1.54) is 19.5 Å². The monoisotopic (exact) mass is 236 g/mol. The maximum atomic E-state index is 13.8. The summed E-state index contributed by atoms with van der Waals surface area (Å²) in [5.41, 5.74) is 2.20. The van der Waals surface area contributed by atoms with E-state index in [0.29, 0.717) is 17.1 Å². The highest BCUT2D eigenvalue weighted by molar-refractivity contribution is 5.65. The molecule has 1 aromatic carbocycles. The lowest BCUT2D eigenvalue weighted by molar-refractivity contribution is 0.401. The Kier molecular flexibility index (Phi) is 3.42. The zero-order valence-electron chi connectivity index (χ0n) is 9.96. The standard InChI is InChI=1S/C13H15FN2O.H2/c1-3-4-9-5-6-11(14)10(7-9)12-13(17-2)16-8-15-12;/h5-8H,3-4H2,1-2H3,(H,15,16);1H. The summed E-state index contributed by atoms with van der Waals surface area (Å²) in [6.07, 6.45) is 3.47. The smallest absolute Gasteiger partial charge is 0.239 e. The number of halogens is 1. The Morgan fingerprint density at radius 1 is 1.47 bits per heavy atom. The molecule has 3 nitrogen and oxygen atoms in total. The van der Waals surface area contributed by atoms with Gasteiger partial charge in [-0.3, -0.25) is 0 Å². The van der Waals surface area contributed by atoms with Crippen molar-refractivity contribution in [3.63, 3.8) is 0 Å². The number of hydrogen-bond acceptors (Lipinski definition) is 2. The van der Waals surface area contributed by atoms with E-state index in [1.54, 1.807) is 0 Å². The molecule has 2 aromatic rings. The molecule has 1 aromatic heterocycles. The van der Waals surface area contributed by atoms with Gasteiger partial charge in [-0.25, -0.2) is 9.37 Å². The summed E-state index contributed by atoms with van der Waals surface area (Å²) >= 11 is 0. The molecule has 0 spiro atoms. The molecular weight excluding hydrogens is 219 g/mol. The van der Waals surface area contributed by atoms with Gasteiger partial charge in [0, 0.05) is 6.99 Å². The van der Waals surface area contributed by atoms with Crippen LogP contribution in [0.3, 0.4) is 0 Å². The number of benzene rings is 1. The number of imidazole rings is 1. The first-order valence-electron chi connectivity index (χ1n) is 5.62. The summed E-state index contributed by atoms with van der Waals surface area (Å²) in [4.78, 5) is 6.89. The minimum absolute atomic E-state index is 0. The summed E-state index contributed by atoms with van der Waals surface area (Å²) < 4.78 is 18.9. The van der Waals surface area contributed by atoms with Crippen molar-refractivity contribution in [2.45, 2.75) is 19.8 Å². The fraction of sp³-hybridized carbons (Fsp3) is 0.308. The first kappa shape index (κ1) is 11.6. The predicted molar refractivity (Wildman–Crippen MR) is 66.6 cm³/mol. The largest absolute Gasteiger partial charge is 0.479 e. The maximum absolute atomic E-state index is 13.8. The van der Waals surface area contributed by atoms with E-state index < -0.39 is 0 Å². The first-order valence-corrected chi connectivity index (χ1v) is 5.62. The van der Waals surface area contributed by atoms with Gasteiger partial charge in [-0.2, -0.15) is 0 Å². The Morgan fingerprint density at radius 2 is 2.29 bits per heavy atom. The van der Waals surface area contributed by atoms with Crippen molar-refractivity contribution >= 4 is 0 Å². The molecule has 92 valence electrons. The molecule has 0 bridgehead atoms. The number of hydrogen-bond donors (Lipinski definition) is 1. The van der Waals surface area contributed by atoms with Gasteiger partial charge in [0.15, 0.2) is 0 Å². The molecule has 1 heterocycles. The Bertz CT molecular complexity index is 513. The molecule has 0 atom stereocenters. The van der Waals surface area contributed by atoms with Crippen LogP contribution in [-0.4, -0.2) is 17.1 Å². The van der Waals surface area contributed by atoms with Crippen molar-refractivity contribution in [3.05, 3.63) is 35.9 Å². The van der Waals surface area contributed by atoms with Crippen molar-refractivity contribution in [2.24, 2.45) is 0 Å². The molecular formula is C13H17FN2O. The third-order valence-corrected chi connectivity index (χ3v) is 2.64. The van der Waals surface area contributed by atoms with Gasteiger partial charge in [-0.15, -0.1) is 0 Å². The average Bonchev–Trinajstić information content (AvgIpc) is 2.80. The van der Waals surface area contributed by atoms with Crippen molar-refractivity contribution in [3.8, 4) is 17.1 Å². The molecule has 0 radical (unpaired) electrons. The van der Waals surface area contributed by atoms with Crippen molar-refractivity contribution in [1.82, 2.24) is 9.97 Å². The van der Waals surface area contributed by atoms with E-state index in [1.807, 2.05) is 12.1 Å². The molecule has 0 unspecified atom stereocenters. The van der Waals surface area contributed by atoms with Gasteiger partial charge >= 0.3 is 0 Å². The summed E-state index contributed by atoms with van der Waals surface area (Å²) in [7, 11) is 1.52. The van der Waals surface area contributed by atoms with E-state index in [0.717, 1.165) is 18.4 Å².